The lowest BCUT2D eigenvalue weighted by Gasteiger charge is -2.28. The van der Waals surface area contributed by atoms with Crippen molar-refractivity contribution in [2.24, 2.45) is 0 Å². The van der Waals surface area contributed by atoms with E-state index in [0.717, 1.165) is 39.1 Å². The summed E-state index contributed by atoms with van der Waals surface area (Å²) in [4.78, 5) is 57.8. The van der Waals surface area contributed by atoms with Crippen molar-refractivity contribution in [3.8, 4) is 63.6 Å². The van der Waals surface area contributed by atoms with Crippen LogP contribution in [0.2, 0.25) is 0 Å². The minimum Gasteiger partial charge on any atom is -0.289 e. The number of thiazole rings is 4. The van der Waals surface area contributed by atoms with Crippen molar-refractivity contribution < 1.29 is 9.59 Å². The lowest BCUT2D eigenvalue weighted by molar-refractivity contribution is 0.103. The van der Waals surface area contributed by atoms with Crippen LogP contribution in [-0.2, 0) is 10.8 Å². The van der Waals surface area contributed by atoms with Gasteiger partial charge in [0.2, 0.25) is 0 Å². The van der Waals surface area contributed by atoms with Gasteiger partial charge in [0.1, 0.15) is 55.5 Å². The van der Waals surface area contributed by atoms with Crippen molar-refractivity contribution in [2.45, 2.75) is 38.5 Å². The Labute approximate surface area is 461 Å². The van der Waals surface area contributed by atoms with E-state index < -0.39 is 0 Å². The molecule has 0 N–H and O–H groups in total. The molecule has 19 heteroatoms. The zero-order valence-electron chi connectivity index (χ0n) is 39.0. The molecular formula is C56H24N8O2S9. The number of aromatic nitrogens is 4. The second-order valence-electron chi connectivity index (χ2n) is 19.2. The first-order chi connectivity index (χ1) is 36.3. The van der Waals surface area contributed by atoms with E-state index in [4.69, 9.17) is 19.9 Å². The molecule has 0 atom stereocenters. The van der Waals surface area contributed by atoms with Gasteiger partial charge in [-0.05, 0) is 57.7 Å². The van der Waals surface area contributed by atoms with Crippen LogP contribution in [-0.4, -0.2) is 31.5 Å². The number of benzene rings is 2. The van der Waals surface area contributed by atoms with Gasteiger partial charge in [-0.2, -0.15) is 21.0 Å². The smallest absolute Gasteiger partial charge is 0.194 e. The fourth-order valence-corrected chi connectivity index (χ4v) is 23.1. The number of rotatable bonds is 4. The third kappa shape index (κ3) is 6.07. The minimum atomic E-state index is -0.232. The highest BCUT2D eigenvalue weighted by Crippen LogP contribution is 2.69. The number of nitriles is 4. The highest BCUT2D eigenvalue weighted by Gasteiger charge is 2.51. The molecule has 0 aliphatic heterocycles. The Balaban J connectivity index is 0.724. The molecule has 4 aliphatic carbocycles. The molecule has 4 aliphatic rings. The van der Waals surface area contributed by atoms with Crippen molar-refractivity contribution in [3.63, 3.8) is 0 Å². The summed E-state index contributed by atoms with van der Waals surface area (Å²) in [6.45, 7) is 9.56. The van der Waals surface area contributed by atoms with Crippen LogP contribution in [0.15, 0.2) is 83.0 Å². The SMILES string of the molecule is CC1(C)c2c(sc3c2C(C)(C)c2c-3sc3cc(-c4nc5sc(/C=C6\C(=O)c7ccccc7C6=C(C#N)C#N)nc5s4)sc23)-c2sc3cc(-c4nc5sc(/C=C6\C(=O)c7ccccc7C6=C(C#N)C#N)nc5s4)sc3c21. The van der Waals surface area contributed by atoms with Crippen LogP contribution >= 0.6 is 102 Å². The molecule has 9 aromatic heterocycles. The first-order valence-corrected chi connectivity index (χ1v) is 30.3. The van der Waals surface area contributed by atoms with Gasteiger partial charge in [-0.25, -0.2) is 19.9 Å². The zero-order chi connectivity index (χ0) is 51.1. The van der Waals surface area contributed by atoms with Gasteiger partial charge in [-0.1, -0.05) is 122 Å². The van der Waals surface area contributed by atoms with Gasteiger partial charge < -0.3 is 0 Å². The Kier molecular flexibility index (Phi) is 9.44. The van der Waals surface area contributed by atoms with Crippen molar-refractivity contribution >= 4 is 175 Å². The molecule has 9 heterocycles. The van der Waals surface area contributed by atoms with Gasteiger partial charge in [-0.3, -0.25) is 9.59 Å². The van der Waals surface area contributed by atoms with E-state index in [9.17, 15) is 30.6 Å². The molecule has 0 fully saturated rings. The fraction of sp³-hybridized carbons (Fsp3) is 0.107. The monoisotopic (exact) mass is 1130 g/mol. The van der Waals surface area contributed by atoms with E-state index in [1.165, 1.54) is 106 Å². The molecule has 11 aromatic rings. The summed E-state index contributed by atoms with van der Waals surface area (Å²) in [7, 11) is 0. The maximum Gasteiger partial charge on any atom is 0.194 e. The highest BCUT2D eigenvalue weighted by molar-refractivity contribution is 7.37. The molecule has 0 saturated carbocycles. The number of nitrogens with zero attached hydrogens (tertiary/aromatic N) is 8. The summed E-state index contributed by atoms with van der Waals surface area (Å²) >= 11 is 15.2. The summed E-state index contributed by atoms with van der Waals surface area (Å²) < 4.78 is 5.12. The van der Waals surface area contributed by atoms with E-state index in [1.54, 1.807) is 83.4 Å². The topological polar surface area (TPSA) is 181 Å². The molecule has 0 radical (unpaired) electrons. The van der Waals surface area contributed by atoms with Crippen LogP contribution in [0, 0.1) is 45.3 Å². The van der Waals surface area contributed by atoms with Crippen LogP contribution in [0.25, 0.3) is 101 Å². The standard InChI is InChI=1S/C56H24N8O2S9/c1-55(2)37-38-46(48-40(56(38,3)4)44-30(68-48)16-32(70-44)50-64-54-52(75-50)62-34(72-54)14-28-36(22(19-59)20-60)24-10-6-8-12-26(24)42(28)66)73-45(37)47-39(55)43-29(67-47)15-31(69-43)49-63-53-51(74-49)61-33(71-53)13-27-35(21(17-57)18-58)23-9-5-7-11-25(23)41(27)65/h5-16H,1-4H3/b27-13-,28-14-. The minimum absolute atomic E-state index is 0.101. The van der Waals surface area contributed by atoms with Crippen LogP contribution in [0.5, 0.6) is 0 Å². The lowest BCUT2D eigenvalue weighted by Crippen LogP contribution is -2.23. The number of carbonyl (C=O) groups excluding carboxylic acids is 2. The Morgan fingerprint density at radius 2 is 0.840 bits per heavy atom. The van der Waals surface area contributed by atoms with Crippen LogP contribution in [0.1, 0.15) is 91.8 Å². The van der Waals surface area contributed by atoms with Crippen LogP contribution in [0.4, 0.5) is 0 Å². The first-order valence-electron chi connectivity index (χ1n) is 23.0. The Bertz CT molecular complexity index is 4490. The maximum absolute atomic E-state index is 13.5. The second kappa shape index (κ2) is 15.7. The lowest BCUT2D eigenvalue weighted by atomic mass is 9.74. The predicted octanol–water partition coefficient (Wildman–Crippen LogP) is 16.5. The van der Waals surface area contributed by atoms with Crippen molar-refractivity contribution in [3.05, 3.63) is 137 Å². The quantitative estimate of drug-likeness (QED) is 0.121. The van der Waals surface area contributed by atoms with Gasteiger partial charge in [0.25, 0.3) is 0 Å². The first kappa shape index (κ1) is 45.2. The second-order valence-corrected chi connectivity index (χ2v) is 28.4. The molecule has 2 aromatic carbocycles. The summed E-state index contributed by atoms with van der Waals surface area (Å²) in [5.74, 6) is -0.458. The molecule has 0 saturated heterocycles. The summed E-state index contributed by atoms with van der Waals surface area (Å²) in [5, 5.41) is 42.1. The van der Waals surface area contributed by atoms with E-state index in [2.05, 4.69) is 39.8 Å². The zero-order valence-corrected chi connectivity index (χ0v) is 46.3. The van der Waals surface area contributed by atoms with Gasteiger partial charge in [-0.15, -0.1) is 56.7 Å². The molecule has 75 heavy (non-hydrogen) atoms. The number of fused-ring (bicyclic) bond motifs is 15. The van der Waals surface area contributed by atoms with Crippen molar-refractivity contribution in [1.82, 2.24) is 19.9 Å². The molecule has 15 rings (SSSR count). The maximum atomic E-state index is 13.5. The number of Topliss-reactive ketones (excluding diaryl/α,β-unsaturated/α-hetero) is 2. The van der Waals surface area contributed by atoms with E-state index in [-0.39, 0.29) is 33.5 Å². The van der Waals surface area contributed by atoms with E-state index in [0.29, 0.717) is 54.6 Å². The van der Waals surface area contributed by atoms with Gasteiger partial charge in [0.15, 0.2) is 30.9 Å². The summed E-state index contributed by atoms with van der Waals surface area (Å²) in [5.41, 5.74) is 8.42. The number of ketones is 2. The molecular weight excluding hydrogens is 1110 g/mol. The van der Waals surface area contributed by atoms with Crippen molar-refractivity contribution in [1.29, 1.82) is 21.0 Å². The predicted molar refractivity (Wildman–Crippen MR) is 308 cm³/mol. The number of carbonyl (C=O) groups is 2. The van der Waals surface area contributed by atoms with Gasteiger partial charge in [0.05, 0.1) is 28.9 Å². The number of hydrogen-bond donors (Lipinski definition) is 0. The molecule has 10 nitrogen and oxygen atoms in total. The number of allylic oxidation sites excluding steroid dienone is 6. The molecule has 0 amide bonds. The Morgan fingerprint density at radius 3 is 1.23 bits per heavy atom. The third-order valence-electron chi connectivity index (χ3n) is 14.3. The summed E-state index contributed by atoms with van der Waals surface area (Å²) in [6.07, 6.45) is 3.38. The van der Waals surface area contributed by atoms with E-state index >= 15 is 0 Å². The Morgan fingerprint density at radius 1 is 0.467 bits per heavy atom. The third-order valence-corrected chi connectivity index (χ3v) is 25.0. The highest BCUT2D eigenvalue weighted by atomic mass is 32.1. The molecule has 0 bridgehead atoms. The average molecular weight is 1130 g/mol. The van der Waals surface area contributed by atoms with Gasteiger partial charge in [0, 0.05) is 63.4 Å². The normalized spacial score (nSPS) is 16.5. The van der Waals surface area contributed by atoms with Gasteiger partial charge >= 0.3 is 0 Å². The van der Waals surface area contributed by atoms with E-state index in [1.807, 2.05) is 58.3 Å². The van der Waals surface area contributed by atoms with Crippen LogP contribution < -0.4 is 0 Å². The Hall–Kier alpha value is -7.24. The van der Waals surface area contributed by atoms with Crippen molar-refractivity contribution in [2.75, 3.05) is 0 Å². The molecule has 0 unspecified atom stereocenters. The summed E-state index contributed by atoms with van der Waals surface area (Å²) in [6, 6.07) is 26.6. The van der Waals surface area contributed by atoms with Crippen LogP contribution in [0.3, 0.4) is 0 Å². The molecule has 354 valence electrons. The largest absolute Gasteiger partial charge is 0.289 e. The number of hydrogen-bond acceptors (Lipinski definition) is 19. The number of thiophene rings is 5. The molecule has 0 spiro atoms. The average Bonchev–Trinajstić information content (AvgIpc) is 4.39. The fourth-order valence-electron chi connectivity index (χ4n) is 11.2.